The van der Waals surface area contributed by atoms with Gasteiger partial charge in [-0.3, -0.25) is 4.79 Å². The fourth-order valence-electron chi connectivity index (χ4n) is 2.80. The van der Waals surface area contributed by atoms with Crippen molar-refractivity contribution < 1.29 is 32.2 Å². The van der Waals surface area contributed by atoms with Gasteiger partial charge in [-0.25, -0.2) is 13.2 Å². The van der Waals surface area contributed by atoms with Gasteiger partial charge in [0.05, 0.1) is 31.6 Å². The lowest BCUT2D eigenvalue weighted by molar-refractivity contribution is -0.143. The fourth-order valence-corrected chi connectivity index (χ4v) is 4.24. The van der Waals surface area contributed by atoms with Crippen LogP contribution in [0.15, 0.2) is 72.1 Å². The maximum atomic E-state index is 13.1. The molecule has 0 radical (unpaired) electrons. The molecule has 2 aromatic carbocycles. The van der Waals surface area contributed by atoms with Gasteiger partial charge in [0.1, 0.15) is 5.75 Å². The van der Waals surface area contributed by atoms with Crippen LogP contribution in [0.25, 0.3) is 0 Å². The molecule has 0 aromatic heterocycles. The van der Waals surface area contributed by atoms with Crippen molar-refractivity contribution in [2.24, 2.45) is 0 Å². The molecule has 0 saturated carbocycles. The Morgan fingerprint density at radius 2 is 1.56 bits per heavy atom. The number of sulfonamides is 1. The quantitative estimate of drug-likeness (QED) is 0.330. The van der Waals surface area contributed by atoms with Crippen LogP contribution in [0.5, 0.6) is 5.75 Å². The molecule has 0 fully saturated rings. The highest BCUT2D eigenvalue weighted by Gasteiger charge is 2.25. The number of nitrogens with zero attached hydrogens (tertiary/aromatic N) is 1. The number of ether oxygens (including phenoxy) is 3. The van der Waals surface area contributed by atoms with E-state index in [-0.39, 0.29) is 37.0 Å². The van der Waals surface area contributed by atoms with Crippen LogP contribution in [-0.2, 0) is 35.5 Å². The number of carbonyl (C=O) groups is 2. The molecule has 0 aliphatic rings. The minimum absolute atomic E-state index is 0.0119. The second-order valence-corrected chi connectivity index (χ2v) is 8.76. The number of methoxy groups -OCH3 is 1. The normalized spacial score (nSPS) is 10.6. The smallest absolute Gasteiger partial charge is 0.330 e. The molecule has 0 spiro atoms. The van der Waals surface area contributed by atoms with Gasteiger partial charge >= 0.3 is 11.9 Å². The minimum Gasteiger partial charge on any atom is -0.497 e. The summed E-state index contributed by atoms with van der Waals surface area (Å²) in [5, 5.41) is 0. The molecule has 0 saturated heterocycles. The van der Waals surface area contributed by atoms with E-state index >= 15 is 0 Å². The highest BCUT2D eigenvalue weighted by Crippen LogP contribution is 2.20. The van der Waals surface area contributed by atoms with E-state index in [9.17, 15) is 18.0 Å². The van der Waals surface area contributed by atoms with Crippen molar-refractivity contribution in [1.82, 2.24) is 4.31 Å². The first-order valence-electron chi connectivity index (χ1n) is 10.9. The van der Waals surface area contributed by atoms with Crippen molar-refractivity contribution in [2.75, 3.05) is 33.4 Å². The number of rotatable bonds is 12. The predicted octanol–water partition coefficient (Wildman–Crippen LogP) is 3.62. The molecule has 0 heterocycles. The van der Waals surface area contributed by atoms with Crippen LogP contribution in [-0.4, -0.2) is 58.1 Å². The van der Waals surface area contributed by atoms with E-state index in [0.717, 1.165) is 11.6 Å². The highest BCUT2D eigenvalue weighted by molar-refractivity contribution is 7.89. The Kier molecular flexibility index (Phi) is 13.3. The summed E-state index contributed by atoms with van der Waals surface area (Å²) >= 11 is 0. The molecule has 0 bridgehead atoms. The molecular weight excluding hydrogens is 458 g/mol. The Labute approximate surface area is 202 Å². The number of carbonyl (C=O) groups excluding carboxylic acids is 2. The monoisotopic (exact) mass is 491 g/mol. The van der Waals surface area contributed by atoms with Gasteiger partial charge in [-0.15, -0.1) is 0 Å². The van der Waals surface area contributed by atoms with E-state index in [0.29, 0.717) is 18.8 Å². The van der Waals surface area contributed by atoms with Gasteiger partial charge in [-0.2, -0.15) is 4.31 Å². The zero-order chi connectivity index (χ0) is 25.4. The van der Waals surface area contributed by atoms with Gasteiger partial charge in [-0.05, 0) is 50.1 Å². The first kappa shape index (κ1) is 28.9. The largest absolute Gasteiger partial charge is 0.497 e. The molecule has 0 amide bonds. The third-order valence-electron chi connectivity index (χ3n) is 4.51. The predicted molar refractivity (Wildman–Crippen MR) is 130 cm³/mol. The number of hydrogen-bond acceptors (Lipinski definition) is 7. The standard InChI is InChI=1S/C20H25NO5S.C5H8O2/c1-3-26-20(22)14-16-21(15-13-17-7-5-4-6-8-17)27(23,24)19-11-9-18(25-2)10-12-19;1-3-5(6)7-4-2/h4-12H,3,13-16H2,1-2H3;3H,1,4H2,2H3. The molecular formula is C25H33NO7S. The molecule has 0 unspecified atom stereocenters. The maximum absolute atomic E-state index is 13.1. The first-order chi connectivity index (χ1) is 16.3. The van der Waals surface area contributed by atoms with Crippen LogP contribution in [0.3, 0.4) is 0 Å². The Morgan fingerprint density at radius 1 is 0.941 bits per heavy atom. The molecule has 0 aliphatic heterocycles. The summed E-state index contributed by atoms with van der Waals surface area (Å²) in [6.45, 7) is 7.72. The summed E-state index contributed by atoms with van der Waals surface area (Å²) in [5.41, 5.74) is 1.03. The fraction of sp³-hybridized carbons (Fsp3) is 0.360. The number of benzene rings is 2. The summed E-state index contributed by atoms with van der Waals surface area (Å²) in [5.74, 6) is -0.189. The van der Waals surface area contributed by atoms with Crippen molar-refractivity contribution in [2.45, 2.75) is 31.6 Å². The first-order valence-corrected chi connectivity index (χ1v) is 12.3. The molecule has 8 nitrogen and oxygen atoms in total. The molecule has 0 atom stereocenters. The van der Waals surface area contributed by atoms with Crippen LogP contribution in [0.4, 0.5) is 0 Å². The molecule has 186 valence electrons. The lowest BCUT2D eigenvalue weighted by Gasteiger charge is -2.22. The van der Waals surface area contributed by atoms with E-state index in [1.807, 2.05) is 30.3 Å². The second-order valence-electron chi connectivity index (χ2n) is 6.83. The van der Waals surface area contributed by atoms with E-state index in [2.05, 4.69) is 11.3 Å². The Morgan fingerprint density at radius 3 is 2.06 bits per heavy atom. The zero-order valence-electron chi connectivity index (χ0n) is 19.9. The minimum atomic E-state index is -3.74. The lowest BCUT2D eigenvalue weighted by Crippen LogP contribution is -2.35. The number of hydrogen-bond donors (Lipinski definition) is 0. The SMILES string of the molecule is C=CC(=O)OCC.CCOC(=O)CCN(CCc1ccccc1)S(=O)(=O)c1ccc(OC)cc1. The van der Waals surface area contributed by atoms with Crippen LogP contribution in [0, 0.1) is 0 Å². The van der Waals surface area contributed by atoms with Gasteiger partial charge in [0, 0.05) is 19.2 Å². The Bertz CT molecular complexity index is 990. The molecule has 9 heteroatoms. The summed E-state index contributed by atoms with van der Waals surface area (Å²) in [6, 6.07) is 15.9. The van der Waals surface area contributed by atoms with E-state index in [1.54, 1.807) is 26.0 Å². The van der Waals surface area contributed by atoms with Crippen molar-refractivity contribution >= 4 is 22.0 Å². The molecule has 2 rings (SSSR count). The molecule has 0 N–H and O–H groups in total. The summed E-state index contributed by atoms with van der Waals surface area (Å²) in [7, 11) is -2.21. The third-order valence-corrected chi connectivity index (χ3v) is 6.43. The lowest BCUT2D eigenvalue weighted by atomic mass is 10.1. The van der Waals surface area contributed by atoms with Crippen molar-refractivity contribution in [3.63, 3.8) is 0 Å². The summed E-state index contributed by atoms with van der Waals surface area (Å²) in [6.07, 6.45) is 1.71. The van der Waals surface area contributed by atoms with Gasteiger partial charge in [0.15, 0.2) is 0 Å². The van der Waals surface area contributed by atoms with E-state index < -0.39 is 16.0 Å². The van der Waals surface area contributed by atoms with Gasteiger partial charge in [0.2, 0.25) is 10.0 Å². The van der Waals surface area contributed by atoms with Gasteiger partial charge in [0.25, 0.3) is 0 Å². The van der Waals surface area contributed by atoms with Crippen LogP contribution >= 0.6 is 0 Å². The molecule has 2 aromatic rings. The van der Waals surface area contributed by atoms with Crippen LogP contribution < -0.4 is 4.74 Å². The van der Waals surface area contributed by atoms with E-state index in [1.165, 1.54) is 23.5 Å². The average Bonchev–Trinajstić information content (AvgIpc) is 2.85. The van der Waals surface area contributed by atoms with Crippen molar-refractivity contribution in [3.8, 4) is 5.75 Å². The molecule has 34 heavy (non-hydrogen) atoms. The summed E-state index contributed by atoms with van der Waals surface area (Å²) in [4.78, 5) is 21.9. The second kappa shape index (κ2) is 15.6. The highest BCUT2D eigenvalue weighted by atomic mass is 32.2. The Hall–Kier alpha value is -3.17. The van der Waals surface area contributed by atoms with Crippen molar-refractivity contribution in [1.29, 1.82) is 0 Å². The average molecular weight is 492 g/mol. The summed E-state index contributed by atoms with van der Waals surface area (Å²) < 4.78 is 41.9. The van der Waals surface area contributed by atoms with Gasteiger partial charge in [-0.1, -0.05) is 36.9 Å². The van der Waals surface area contributed by atoms with Crippen LogP contribution in [0.1, 0.15) is 25.8 Å². The van der Waals surface area contributed by atoms with Crippen molar-refractivity contribution in [3.05, 3.63) is 72.8 Å². The zero-order valence-corrected chi connectivity index (χ0v) is 20.8. The van der Waals surface area contributed by atoms with Gasteiger partial charge < -0.3 is 14.2 Å². The topological polar surface area (TPSA) is 99.2 Å². The third kappa shape index (κ3) is 10.2. The number of esters is 2. The van der Waals surface area contributed by atoms with E-state index in [4.69, 9.17) is 9.47 Å². The Balaban J connectivity index is 0.000000718. The van der Waals surface area contributed by atoms with Crippen LogP contribution in [0.2, 0.25) is 0 Å². The maximum Gasteiger partial charge on any atom is 0.330 e. The molecule has 0 aliphatic carbocycles.